The minimum atomic E-state index is -1.08. The second-order valence-corrected chi connectivity index (χ2v) is 5.07. The molecule has 0 amide bonds. The van der Waals surface area contributed by atoms with Gasteiger partial charge in [-0.3, -0.25) is 0 Å². The van der Waals surface area contributed by atoms with Gasteiger partial charge in [-0.05, 0) is 36.8 Å². The van der Waals surface area contributed by atoms with Gasteiger partial charge in [-0.1, -0.05) is 6.92 Å². The molecule has 0 atom stereocenters. The van der Waals surface area contributed by atoms with Crippen molar-refractivity contribution in [2.24, 2.45) is 0 Å². The monoisotopic (exact) mass is 324 g/mol. The molecule has 7 heteroatoms. The summed E-state index contributed by atoms with van der Waals surface area (Å²) in [5.74, 6) is 0.761. The number of benzene rings is 1. The Bertz CT molecular complexity index is 872. The van der Waals surface area contributed by atoms with Gasteiger partial charge in [-0.25, -0.2) is 19.4 Å². The van der Waals surface area contributed by atoms with Crippen molar-refractivity contribution < 1.29 is 14.6 Å². The number of aromatic carboxylic acids is 1. The Balaban J connectivity index is 2.05. The standard InChI is InChI=1S/C17H16N4O3/c1-3-12-10-15(21-9-8-14(20-21)17(22)23)19-16(18-12)11-4-6-13(24-2)7-5-11/h4-10H,3H2,1-2H3,(H,22,23). The number of ether oxygens (including phenoxy) is 1. The molecule has 3 aromatic rings. The number of carbonyl (C=O) groups is 1. The molecule has 0 saturated carbocycles. The summed E-state index contributed by atoms with van der Waals surface area (Å²) in [5, 5.41) is 13.0. The number of nitrogens with zero attached hydrogens (tertiary/aromatic N) is 4. The van der Waals surface area contributed by atoms with E-state index in [9.17, 15) is 4.79 Å². The van der Waals surface area contributed by atoms with Gasteiger partial charge in [0.25, 0.3) is 0 Å². The highest BCUT2D eigenvalue weighted by molar-refractivity contribution is 5.85. The first kappa shape index (κ1) is 15.7. The molecule has 0 aliphatic rings. The number of hydrogen-bond acceptors (Lipinski definition) is 5. The van der Waals surface area contributed by atoms with Crippen molar-refractivity contribution in [3.8, 4) is 23.0 Å². The summed E-state index contributed by atoms with van der Waals surface area (Å²) >= 11 is 0. The van der Waals surface area contributed by atoms with Crippen LogP contribution in [0.15, 0.2) is 42.6 Å². The van der Waals surface area contributed by atoms with Crippen molar-refractivity contribution in [3.05, 3.63) is 54.0 Å². The zero-order valence-corrected chi connectivity index (χ0v) is 13.3. The minimum Gasteiger partial charge on any atom is -0.497 e. The van der Waals surface area contributed by atoms with E-state index in [0.717, 1.165) is 23.4 Å². The fraction of sp³-hybridized carbons (Fsp3) is 0.176. The molecule has 0 bridgehead atoms. The number of hydrogen-bond donors (Lipinski definition) is 1. The molecule has 0 spiro atoms. The van der Waals surface area contributed by atoms with Crippen LogP contribution in [0.1, 0.15) is 23.1 Å². The topological polar surface area (TPSA) is 90.1 Å². The Hall–Kier alpha value is -3.22. The van der Waals surface area contributed by atoms with Crippen LogP contribution in [0.5, 0.6) is 5.75 Å². The van der Waals surface area contributed by atoms with Crippen molar-refractivity contribution in [3.63, 3.8) is 0 Å². The quantitative estimate of drug-likeness (QED) is 0.776. The minimum absolute atomic E-state index is 0.0299. The van der Waals surface area contributed by atoms with Crippen LogP contribution in [0.3, 0.4) is 0 Å². The highest BCUT2D eigenvalue weighted by atomic mass is 16.5. The second-order valence-electron chi connectivity index (χ2n) is 5.07. The Kier molecular flexibility index (Phi) is 4.24. The van der Waals surface area contributed by atoms with E-state index < -0.39 is 5.97 Å². The first-order chi connectivity index (χ1) is 11.6. The van der Waals surface area contributed by atoms with Gasteiger partial charge < -0.3 is 9.84 Å². The molecular weight excluding hydrogens is 308 g/mol. The van der Waals surface area contributed by atoms with E-state index >= 15 is 0 Å². The molecule has 24 heavy (non-hydrogen) atoms. The molecule has 0 unspecified atom stereocenters. The number of aryl methyl sites for hydroxylation is 1. The number of carboxylic acid groups (broad SMARTS) is 1. The van der Waals surface area contributed by atoms with Gasteiger partial charge in [0.05, 0.1) is 7.11 Å². The van der Waals surface area contributed by atoms with E-state index in [-0.39, 0.29) is 5.69 Å². The molecule has 122 valence electrons. The molecule has 1 N–H and O–H groups in total. The summed E-state index contributed by atoms with van der Waals surface area (Å²) in [6.45, 7) is 2.00. The molecule has 0 aliphatic heterocycles. The Morgan fingerprint density at radius 3 is 2.54 bits per heavy atom. The second kappa shape index (κ2) is 6.49. The molecular formula is C17H16N4O3. The van der Waals surface area contributed by atoms with Gasteiger partial charge in [0, 0.05) is 23.5 Å². The van der Waals surface area contributed by atoms with Crippen molar-refractivity contribution in [1.82, 2.24) is 19.7 Å². The van der Waals surface area contributed by atoms with Crippen molar-refractivity contribution >= 4 is 5.97 Å². The Morgan fingerprint density at radius 2 is 1.96 bits per heavy atom. The average Bonchev–Trinajstić information content (AvgIpc) is 3.12. The fourth-order valence-corrected chi connectivity index (χ4v) is 2.22. The highest BCUT2D eigenvalue weighted by Crippen LogP contribution is 2.21. The first-order valence-corrected chi connectivity index (χ1v) is 7.42. The number of carboxylic acids is 1. The van der Waals surface area contributed by atoms with Gasteiger partial charge in [0.15, 0.2) is 17.3 Å². The maximum atomic E-state index is 11.0. The van der Waals surface area contributed by atoms with E-state index in [1.807, 2.05) is 31.2 Å². The Labute approximate surface area is 138 Å². The molecule has 7 nitrogen and oxygen atoms in total. The van der Waals surface area contributed by atoms with E-state index in [1.54, 1.807) is 19.4 Å². The van der Waals surface area contributed by atoms with Crippen LogP contribution >= 0.6 is 0 Å². The largest absolute Gasteiger partial charge is 0.497 e. The third kappa shape index (κ3) is 3.10. The highest BCUT2D eigenvalue weighted by Gasteiger charge is 2.12. The lowest BCUT2D eigenvalue weighted by atomic mass is 10.2. The van der Waals surface area contributed by atoms with Gasteiger partial charge in [-0.2, -0.15) is 5.10 Å². The zero-order valence-electron chi connectivity index (χ0n) is 13.3. The Morgan fingerprint density at radius 1 is 1.21 bits per heavy atom. The van der Waals surface area contributed by atoms with E-state index in [4.69, 9.17) is 9.84 Å². The maximum Gasteiger partial charge on any atom is 0.356 e. The lowest BCUT2D eigenvalue weighted by molar-refractivity contribution is 0.0690. The van der Waals surface area contributed by atoms with Crippen LogP contribution in [-0.4, -0.2) is 37.9 Å². The smallest absolute Gasteiger partial charge is 0.356 e. The summed E-state index contributed by atoms with van der Waals surface area (Å²) < 4.78 is 6.60. The van der Waals surface area contributed by atoms with Crippen LogP contribution in [-0.2, 0) is 6.42 Å². The van der Waals surface area contributed by atoms with Crippen LogP contribution in [0.4, 0.5) is 0 Å². The lowest BCUT2D eigenvalue weighted by Gasteiger charge is -2.08. The van der Waals surface area contributed by atoms with E-state index in [1.165, 1.54) is 10.7 Å². The third-order valence-corrected chi connectivity index (χ3v) is 3.52. The number of aromatic nitrogens is 4. The summed E-state index contributed by atoms with van der Waals surface area (Å²) in [7, 11) is 1.61. The molecule has 3 rings (SSSR count). The summed E-state index contributed by atoms with van der Waals surface area (Å²) in [6.07, 6.45) is 2.30. The van der Waals surface area contributed by atoms with Crippen LogP contribution in [0.25, 0.3) is 17.2 Å². The number of methoxy groups -OCH3 is 1. The van der Waals surface area contributed by atoms with Gasteiger partial charge in [-0.15, -0.1) is 0 Å². The number of rotatable bonds is 5. The SMILES string of the molecule is CCc1cc(-n2ccc(C(=O)O)n2)nc(-c2ccc(OC)cc2)n1. The van der Waals surface area contributed by atoms with Gasteiger partial charge in [0.2, 0.25) is 0 Å². The molecule has 1 aromatic carbocycles. The first-order valence-electron chi connectivity index (χ1n) is 7.42. The van der Waals surface area contributed by atoms with E-state index in [2.05, 4.69) is 15.1 Å². The summed E-state index contributed by atoms with van der Waals surface area (Å²) in [5.41, 5.74) is 1.66. The average molecular weight is 324 g/mol. The zero-order chi connectivity index (χ0) is 17.1. The van der Waals surface area contributed by atoms with Crippen LogP contribution in [0, 0.1) is 0 Å². The summed E-state index contributed by atoms with van der Waals surface area (Å²) in [4.78, 5) is 20.0. The van der Waals surface area contributed by atoms with Crippen molar-refractivity contribution in [2.75, 3.05) is 7.11 Å². The van der Waals surface area contributed by atoms with E-state index in [0.29, 0.717) is 11.6 Å². The summed E-state index contributed by atoms with van der Waals surface area (Å²) in [6, 6.07) is 10.7. The normalized spacial score (nSPS) is 10.6. The van der Waals surface area contributed by atoms with Crippen molar-refractivity contribution in [1.29, 1.82) is 0 Å². The van der Waals surface area contributed by atoms with Gasteiger partial charge in [0.1, 0.15) is 5.75 Å². The van der Waals surface area contributed by atoms with Crippen LogP contribution in [0.2, 0.25) is 0 Å². The molecule has 2 heterocycles. The molecule has 0 radical (unpaired) electrons. The molecule has 0 aliphatic carbocycles. The molecule has 0 saturated heterocycles. The van der Waals surface area contributed by atoms with Crippen molar-refractivity contribution in [2.45, 2.75) is 13.3 Å². The predicted octanol–water partition coefficient (Wildman–Crippen LogP) is 2.60. The fourth-order valence-electron chi connectivity index (χ4n) is 2.22. The van der Waals surface area contributed by atoms with Crippen LogP contribution < -0.4 is 4.74 Å². The maximum absolute atomic E-state index is 11.0. The predicted molar refractivity (Wildman–Crippen MR) is 87.5 cm³/mol. The molecule has 2 aromatic heterocycles. The lowest BCUT2D eigenvalue weighted by Crippen LogP contribution is -2.06. The van der Waals surface area contributed by atoms with Gasteiger partial charge >= 0.3 is 5.97 Å². The third-order valence-electron chi connectivity index (χ3n) is 3.52. The molecule has 0 fully saturated rings.